The molecule has 0 fully saturated rings. The number of hydrogen-bond donors (Lipinski definition) is 1. The lowest BCUT2D eigenvalue weighted by molar-refractivity contribution is -0.233. The largest absolute Gasteiger partial charge is 0.393 e. The van der Waals surface area contributed by atoms with E-state index in [2.05, 4.69) is 4.89 Å². The van der Waals surface area contributed by atoms with Crippen LogP contribution in [-0.4, -0.2) is 15.0 Å². The van der Waals surface area contributed by atoms with Crippen LogP contribution in [0.2, 0.25) is 0 Å². The summed E-state index contributed by atoms with van der Waals surface area (Å²) in [5.74, 6) is -1.32. The zero-order chi connectivity index (χ0) is 6.78. The van der Waals surface area contributed by atoms with E-state index >= 15 is 0 Å². The number of hydrogen-bond acceptors (Lipinski definition) is 3. The summed E-state index contributed by atoms with van der Waals surface area (Å²) >= 11 is 14.6. The SMILES string of the molecule is O=C(OO)C(Cl)(Cl)Cl. The Labute approximate surface area is 60.0 Å². The fourth-order valence-corrected chi connectivity index (χ4v) is 0.155. The minimum absolute atomic E-state index is 1.32. The van der Waals surface area contributed by atoms with Crippen molar-refractivity contribution in [2.45, 2.75) is 3.79 Å². The van der Waals surface area contributed by atoms with Crippen LogP contribution in [0.3, 0.4) is 0 Å². The molecule has 0 spiro atoms. The Morgan fingerprint density at radius 3 is 1.88 bits per heavy atom. The molecule has 0 aliphatic heterocycles. The molecule has 0 rings (SSSR count). The van der Waals surface area contributed by atoms with Crippen molar-refractivity contribution in [3.63, 3.8) is 0 Å². The van der Waals surface area contributed by atoms with E-state index in [1.165, 1.54) is 0 Å². The lowest BCUT2D eigenvalue weighted by Gasteiger charge is -2.02. The van der Waals surface area contributed by atoms with Crippen molar-refractivity contribution in [2.75, 3.05) is 0 Å². The van der Waals surface area contributed by atoms with Crippen molar-refractivity contribution in [3.05, 3.63) is 0 Å². The Kier molecular flexibility index (Phi) is 2.83. The highest BCUT2D eigenvalue weighted by Gasteiger charge is 2.33. The first-order chi connectivity index (χ1) is 3.48. The highest BCUT2D eigenvalue weighted by molar-refractivity contribution is 6.75. The fourth-order valence-electron chi connectivity index (χ4n) is 0.0518. The van der Waals surface area contributed by atoms with Crippen LogP contribution in [0.1, 0.15) is 0 Å². The smallest absolute Gasteiger partial charge is 0.296 e. The van der Waals surface area contributed by atoms with Gasteiger partial charge < -0.3 is 0 Å². The Balaban J connectivity index is 3.82. The standard InChI is InChI=1S/C2HCl3O3/c3-2(4,5)1(6)8-7/h7H. The monoisotopic (exact) mass is 178 g/mol. The molecular weight excluding hydrogens is 178 g/mol. The molecule has 0 aromatic rings. The Morgan fingerprint density at radius 2 is 1.88 bits per heavy atom. The van der Waals surface area contributed by atoms with Crippen LogP contribution < -0.4 is 0 Å². The fraction of sp³-hybridized carbons (Fsp3) is 0.500. The molecule has 0 saturated heterocycles. The Hall–Kier alpha value is 0.300. The van der Waals surface area contributed by atoms with Crippen LogP contribution in [0.5, 0.6) is 0 Å². The molecule has 3 nitrogen and oxygen atoms in total. The molecule has 0 aliphatic carbocycles. The molecule has 1 N–H and O–H groups in total. The molecule has 0 saturated carbocycles. The van der Waals surface area contributed by atoms with Crippen molar-refractivity contribution >= 4 is 40.8 Å². The van der Waals surface area contributed by atoms with E-state index in [9.17, 15) is 4.79 Å². The van der Waals surface area contributed by atoms with E-state index in [0.717, 1.165) is 0 Å². The van der Waals surface area contributed by atoms with Gasteiger partial charge in [-0.3, -0.25) is 4.89 Å². The van der Waals surface area contributed by atoms with Gasteiger partial charge in [-0.05, 0) is 0 Å². The Morgan fingerprint density at radius 1 is 1.50 bits per heavy atom. The summed E-state index contributed by atoms with van der Waals surface area (Å²) in [7, 11) is 0. The molecule has 0 heterocycles. The third kappa shape index (κ3) is 2.57. The zero-order valence-electron chi connectivity index (χ0n) is 3.40. The first-order valence-electron chi connectivity index (χ1n) is 1.41. The normalized spacial score (nSPS) is 11.0. The van der Waals surface area contributed by atoms with Crippen molar-refractivity contribution in [2.24, 2.45) is 0 Å². The predicted molar refractivity (Wildman–Crippen MR) is 29.0 cm³/mol. The van der Waals surface area contributed by atoms with Crippen molar-refractivity contribution in [1.29, 1.82) is 0 Å². The molecule has 0 aromatic heterocycles. The summed E-state index contributed by atoms with van der Waals surface area (Å²) < 4.78 is -2.19. The summed E-state index contributed by atoms with van der Waals surface area (Å²) in [4.78, 5) is 13.0. The molecule has 48 valence electrons. The topological polar surface area (TPSA) is 46.5 Å². The number of carbonyl (C=O) groups excluding carboxylic acids is 1. The summed E-state index contributed by atoms with van der Waals surface area (Å²) in [6.07, 6.45) is 0. The quantitative estimate of drug-likeness (QED) is 0.347. The van der Waals surface area contributed by atoms with Gasteiger partial charge >= 0.3 is 5.97 Å². The summed E-state index contributed by atoms with van der Waals surface area (Å²) in [6, 6.07) is 0. The molecule has 0 aliphatic rings. The lowest BCUT2D eigenvalue weighted by atomic mass is 10.8. The van der Waals surface area contributed by atoms with Crippen molar-refractivity contribution < 1.29 is 14.9 Å². The van der Waals surface area contributed by atoms with E-state index in [1.54, 1.807) is 0 Å². The van der Waals surface area contributed by atoms with E-state index in [1.807, 2.05) is 0 Å². The van der Waals surface area contributed by atoms with Crippen LogP contribution in [0.15, 0.2) is 0 Å². The molecule has 8 heavy (non-hydrogen) atoms. The van der Waals surface area contributed by atoms with Crippen LogP contribution in [0.25, 0.3) is 0 Å². The van der Waals surface area contributed by atoms with E-state index in [-0.39, 0.29) is 0 Å². The van der Waals surface area contributed by atoms with Crippen LogP contribution in [0, 0.1) is 0 Å². The minimum Gasteiger partial charge on any atom is -0.296 e. The average Bonchev–Trinajstić information content (AvgIpc) is 1.62. The second kappa shape index (κ2) is 2.73. The van der Waals surface area contributed by atoms with Gasteiger partial charge in [0.15, 0.2) is 0 Å². The van der Waals surface area contributed by atoms with Crippen molar-refractivity contribution in [3.8, 4) is 0 Å². The second-order valence-electron chi connectivity index (χ2n) is 0.877. The maximum absolute atomic E-state index is 9.97. The Bertz CT molecular complexity index is 95.2. The van der Waals surface area contributed by atoms with Gasteiger partial charge in [-0.15, -0.1) is 0 Å². The minimum atomic E-state index is -2.19. The van der Waals surface area contributed by atoms with Crippen molar-refractivity contribution in [1.82, 2.24) is 0 Å². The zero-order valence-corrected chi connectivity index (χ0v) is 5.67. The van der Waals surface area contributed by atoms with Gasteiger partial charge in [0.25, 0.3) is 3.79 Å². The van der Waals surface area contributed by atoms with Crippen LogP contribution in [0.4, 0.5) is 0 Å². The highest BCUT2D eigenvalue weighted by atomic mass is 35.6. The summed E-state index contributed by atoms with van der Waals surface area (Å²) in [6.45, 7) is 0. The van der Waals surface area contributed by atoms with Gasteiger partial charge in [-0.1, -0.05) is 34.8 Å². The van der Waals surface area contributed by atoms with E-state index in [0.29, 0.717) is 0 Å². The molecule has 6 heteroatoms. The number of carbonyl (C=O) groups is 1. The van der Waals surface area contributed by atoms with E-state index in [4.69, 9.17) is 40.1 Å². The molecule has 0 bridgehead atoms. The molecule has 0 aromatic carbocycles. The maximum atomic E-state index is 9.97. The number of halogens is 3. The van der Waals surface area contributed by atoms with Gasteiger partial charge in [-0.2, -0.15) is 5.26 Å². The van der Waals surface area contributed by atoms with Crippen LogP contribution in [-0.2, 0) is 9.68 Å². The molecule has 0 atom stereocenters. The second-order valence-corrected chi connectivity index (χ2v) is 3.16. The third-order valence-corrected chi connectivity index (χ3v) is 0.777. The summed E-state index contributed by atoms with van der Waals surface area (Å²) in [5, 5.41) is 7.57. The summed E-state index contributed by atoms with van der Waals surface area (Å²) in [5.41, 5.74) is 0. The first kappa shape index (κ1) is 8.30. The van der Waals surface area contributed by atoms with Gasteiger partial charge in [0.1, 0.15) is 0 Å². The van der Waals surface area contributed by atoms with Gasteiger partial charge in [0.2, 0.25) is 0 Å². The lowest BCUT2D eigenvalue weighted by Crippen LogP contribution is -2.20. The van der Waals surface area contributed by atoms with E-state index < -0.39 is 9.76 Å². The average molecular weight is 179 g/mol. The van der Waals surface area contributed by atoms with Gasteiger partial charge in [0, 0.05) is 0 Å². The van der Waals surface area contributed by atoms with Crippen LogP contribution >= 0.6 is 34.8 Å². The number of alkyl halides is 3. The molecule has 0 unspecified atom stereocenters. The first-order valence-corrected chi connectivity index (χ1v) is 2.54. The molecule has 0 radical (unpaired) electrons. The number of rotatable bonds is 0. The van der Waals surface area contributed by atoms with Gasteiger partial charge in [-0.25, -0.2) is 4.79 Å². The highest BCUT2D eigenvalue weighted by Crippen LogP contribution is 2.26. The molecule has 0 amide bonds. The third-order valence-electron chi connectivity index (χ3n) is 0.314. The molecular formula is C2HCl3O3. The van der Waals surface area contributed by atoms with Gasteiger partial charge in [0.05, 0.1) is 0 Å². The predicted octanol–water partition coefficient (Wildman–Crippen LogP) is 1.37. The maximum Gasteiger partial charge on any atom is 0.393 e.